The molecule has 0 aromatic heterocycles. The number of nitro benzene ring substituents is 1. The molecule has 0 radical (unpaired) electrons. The molecule has 0 aliphatic carbocycles. The van der Waals surface area contributed by atoms with Crippen LogP contribution in [0.5, 0.6) is 0 Å². The molecule has 74 valence electrons. The van der Waals surface area contributed by atoms with Crippen LogP contribution in [0.1, 0.15) is 11.7 Å². The Morgan fingerprint density at radius 2 is 2.07 bits per heavy atom. The number of rotatable bonds is 3. The van der Waals surface area contributed by atoms with E-state index >= 15 is 0 Å². The summed E-state index contributed by atoms with van der Waals surface area (Å²) in [5, 5.41) is 19.1. The van der Waals surface area contributed by atoms with Crippen LogP contribution in [-0.2, 0) is 4.74 Å². The minimum Gasteiger partial charge on any atom is -0.394 e. The summed E-state index contributed by atoms with van der Waals surface area (Å²) in [7, 11) is 0. The first-order chi connectivity index (χ1) is 6.72. The zero-order chi connectivity index (χ0) is 10.1. The van der Waals surface area contributed by atoms with Crippen LogP contribution in [-0.4, -0.2) is 22.7 Å². The molecule has 1 heterocycles. The predicted octanol–water partition coefficient (Wildman–Crippen LogP) is 1.03. The molecule has 1 aliphatic rings. The van der Waals surface area contributed by atoms with Crippen molar-refractivity contribution in [2.24, 2.45) is 0 Å². The van der Waals surface area contributed by atoms with Crippen LogP contribution in [0.3, 0.4) is 0 Å². The Morgan fingerprint density at radius 3 is 2.50 bits per heavy atom. The summed E-state index contributed by atoms with van der Waals surface area (Å²) < 4.78 is 5.13. The summed E-state index contributed by atoms with van der Waals surface area (Å²) in [6, 6.07) is 6.17. The number of aliphatic hydroxyl groups excluding tert-OH is 1. The second-order valence-corrected chi connectivity index (χ2v) is 3.13. The molecule has 2 atom stereocenters. The highest BCUT2D eigenvalue weighted by Crippen LogP contribution is 2.38. The number of epoxide rings is 1. The van der Waals surface area contributed by atoms with Gasteiger partial charge < -0.3 is 9.84 Å². The van der Waals surface area contributed by atoms with Gasteiger partial charge in [-0.05, 0) is 17.7 Å². The number of nitro groups is 1. The monoisotopic (exact) mass is 195 g/mol. The molecule has 5 heteroatoms. The summed E-state index contributed by atoms with van der Waals surface area (Å²) in [6.45, 7) is -0.0122. The van der Waals surface area contributed by atoms with Crippen LogP contribution in [0.15, 0.2) is 24.3 Å². The van der Waals surface area contributed by atoms with Gasteiger partial charge in [-0.3, -0.25) is 10.1 Å². The molecule has 0 spiro atoms. The first kappa shape index (κ1) is 9.11. The van der Waals surface area contributed by atoms with E-state index in [1.165, 1.54) is 12.1 Å². The molecule has 0 amide bonds. The molecule has 2 rings (SSSR count). The number of nitrogens with zero attached hydrogens (tertiary/aromatic N) is 1. The average molecular weight is 195 g/mol. The Balaban J connectivity index is 2.11. The maximum Gasteiger partial charge on any atom is 0.269 e. The summed E-state index contributed by atoms with van der Waals surface area (Å²) in [5.74, 6) is 0. The van der Waals surface area contributed by atoms with Gasteiger partial charge in [0.15, 0.2) is 0 Å². The second-order valence-electron chi connectivity index (χ2n) is 3.13. The Hall–Kier alpha value is -1.46. The van der Waals surface area contributed by atoms with Crippen LogP contribution in [0.2, 0.25) is 0 Å². The van der Waals surface area contributed by atoms with Crippen LogP contribution < -0.4 is 0 Å². The normalized spacial score (nSPS) is 24.6. The standard InChI is InChI=1S/C9H9NO4/c11-5-8-9(14-8)6-1-3-7(4-2-6)10(12)13/h1-4,8-9,11H,5H2/t8-,9+/m0/s1. The van der Waals surface area contributed by atoms with Crippen molar-refractivity contribution in [3.05, 3.63) is 39.9 Å². The fourth-order valence-electron chi connectivity index (χ4n) is 1.36. The van der Waals surface area contributed by atoms with Crippen LogP contribution in [0.4, 0.5) is 5.69 Å². The summed E-state index contributed by atoms with van der Waals surface area (Å²) >= 11 is 0. The zero-order valence-electron chi connectivity index (χ0n) is 7.29. The number of hydrogen-bond acceptors (Lipinski definition) is 4. The van der Waals surface area contributed by atoms with Crippen molar-refractivity contribution >= 4 is 5.69 Å². The first-order valence-electron chi connectivity index (χ1n) is 4.23. The van der Waals surface area contributed by atoms with E-state index in [2.05, 4.69) is 0 Å². The Labute approximate surface area is 80.1 Å². The van der Waals surface area contributed by atoms with E-state index in [1.807, 2.05) is 0 Å². The fourth-order valence-corrected chi connectivity index (χ4v) is 1.36. The van der Waals surface area contributed by atoms with Gasteiger partial charge in [0, 0.05) is 12.1 Å². The third kappa shape index (κ3) is 1.59. The fraction of sp³-hybridized carbons (Fsp3) is 0.333. The van der Waals surface area contributed by atoms with E-state index in [4.69, 9.17) is 9.84 Å². The molecule has 14 heavy (non-hydrogen) atoms. The van der Waals surface area contributed by atoms with Gasteiger partial charge >= 0.3 is 0 Å². The van der Waals surface area contributed by atoms with Gasteiger partial charge in [0.05, 0.1) is 11.5 Å². The van der Waals surface area contributed by atoms with Crippen molar-refractivity contribution in [3.63, 3.8) is 0 Å². The molecule has 1 aromatic carbocycles. The Kier molecular flexibility index (Phi) is 2.18. The summed E-state index contributed by atoms with van der Waals surface area (Å²) in [5.41, 5.74) is 0.935. The van der Waals surface area contributed by atoms with Crippen molar-refractivity contribution in [2.75, 3.05) is 6.61 Å². The lowest BCUT2D eigenvalue weighted by Crippen LogP contribution is -1.94. The molecule has 1 N–H and O–H groups in total. The largest absolute Gasteiger partial charge is 0.394 e. The lowest BCUT2D eigenvalue weighted by molar-refractivity contribution is -0.384. The minimum atomic E-state index is -0.443. The van der Waals surface area contributed by atoms with Crippen LogP contribution in [0.25, 0.3) is 0 Å². The highest BCUT2D eigenvalue weighted by molar-refractivity contribution is 5.35. The predicted molar refractivity (Wildman–Crippen MR) is 47.8 cm³/mol. The number of non-ortho nitro benzene ring substituents is 1. The highest BCUT2D eigenvalue weighted by Gasteiger charge is 2.39. The van der Waals surface area contributed by atoms with Gasteiger partial charge in [-0.2, -0.15) is 0 Å². The molecule has 1 aliphatic heterocycles. The molecule has 0 bridgehead atoms. The molecule has 1 fully saturated rings. The Morgan fingerprint density at radius 1 is 1.43 bits per heavy atom. The average Bonchev–Trinajstić information content (AvgIpc) is 2.97. The van der Waals surface area contributed by atoms with E-state index in [0.29, 0.717) is 0 Å². The quantitative estimate of drug-likeness (QED) is 0.444. The Bertz CT molecular complexity index is 348. The number of benzene rings is 1. The van der Waals surface area contributed by atoms with Gasteiger partial charge in [0.25, 0.3) is 5.69 Å². The molecule has 1 saturated heterocycles. The third-order valence-corrected chi connectivity index (χ3v) is 2.19. The van der Waals surface area contributed by atoms with E-state index in [0.717, 1.165) is 5.56 Å². The van der Waals surface area contributed by atoms with Crippen molar-refractivity contribution < 1.29 is 14.8 Å². The van der Waals surface area contributed by atoms with Gasteiger partial charge in [0.2, 0.25) is 0 Å². The maximum absolute atomic E-state index is 10.4. The van der Waals surface area contributed by atoms with Crippen LogP contribution in [0, 0.1) is 10.1 Å². The molecular formula is C9H9NO4. The molecular weight excluding hydrogens is 186 g/mol. The topological polar surface area (TPSA) is 75.9 Å². The van der Waals surface area contributed by atoms with Crippen molar-refractivity contribution in [3.8, 4) is 0 Å². The van der Waals surface area contributed by atoms with Gasteiger partial charge in [-0.15, -0.1) is 0 Å². The van der Waals surface area contributed by atoms with E-state index in [-0.39, 0.29) is 24.5 Å². The lowest BCUT2D eigenvalue weighted by atomic mass is 10.1. The number of hydrogen-bond donors (Lipinski definition) is 1. The van der Waals surface area contributed by atoms with Gasteiger partial charge in [-0.1, -0.05) is 0 Å². The SMILES string of the molecule is O=[N+]([O-])c1ccc([C@H]2O[C@H]2CO)cc1. The summed E-state index contributed by atoms with van der Waals surface area (Å²) in [4.78, 5) is 9.91. The smallest absolute Gasteiger partial charge is 0.269 e. The number of aliphatic hydroxyl groups is 1. The van der Waals surface area contributed by atoms with Gasteiger partial charge in [0.1, 0.15) is 12.2 Å². The highest BCUT2D eigenvalue weighted by atomic mass is 16.6. The van der Waals surface area contributed by atoms with E-state index in [9.17, 15) is 10.1 Å². The first-order valence-corrected chi connectivity index (χ1v) is 4.23. The maximum atomic E-state index is 10.4. The van der Waals surface area contributed by atoms with E-state index in [1.54, 1.807) is 12.1 Å². The van der Waals surface area contributed by atoms with Crippen molar-refractivity contribution in [2.45, 2.75) is 12.2 Å². The van der Waals surface area contributed by atoms with Gasteiger partial charge in [-0.25, -0.2) is 0 Å². The lowest BCUT2D eigenvalue weighted by Gasteiger charge is -1.94. The third-order valence-electron chi connectivity index (χ3n) is 2.19. The second kappa shape index (κ2) is 3.36. The molecule has 0 unspecified atom stereocenters. The molecule has 5 nitrogen and oxygen atoms in total. The number of ether oxygens (including phenoxy) is 1. The molecule has 1 aromatic rings. The molecule has 0 saturated carbocycles. The van der Waals surface area contributed by atoms with E-state index < -0.39 is 4.92 Å². The van der Waals surface area contributed by atoms with Crippen molar-refractivity contribution in [1.29, 1.82) is 0 Å². The summed E-state index contributed by atoms with van der Waals surface area (Å²) in [6.07, 6.45) is -0.239. The van der Waals surface area contributed by atoms with Crippen LogP contribution >= 0.6 is 0 Å². The zero-order valence-corrected chi connectivity index (χ0v) is 7.29. The van der Waals surface area contributed by atoms with Crippen molar-refractivity contribution in [1.82, 2.24) is 0 Å². The minimum absolute atomic E-state index is 0.0122.